The highest BCUT2D eigenvalue weighted by atomic mass is 35.5. The van der Waals surface area contributed by atoms with Gasteiger partial charge in [-0.25, -0.2) is 0 Å². The summed E-state index contributed by atoms with van der Waals surface area (Å²) in [5.41, 5.74) is 0.227. The minimum Gasteiger partial charge on any atom is -0.454 e. The van der Waals surface area contributed by atoms with Crippen LogP contribution in [0.1, 0.15) is 20.7 Å². The molecular formula is C20H11Cl2N3O5. The molecule has 8 nitrogen and oxygen atoms in total. The molecule has 3 aromatic carbocycles. The van der Waals surface area contributed by atoms with Gasteiger partial charge in [-0.3, -0.25) is 19.7 Å². The highest BCUT2D eigenvalue weighted by Gasteiger charge is 2.24. The zero-order chi connectivity index (χ0) is 21.4. The molecule has 0 saturated heterocycles. The number of amides is 2. The molecule has 1 heterocycles. The lowest BCUT2D eigenvalue weighted by Gasteiger charge is -2.10. The minimum atomic E-state index is -0.742. The molecule has 0 unspecified atom stereocenters. The third-order valence-electron chi connectivity index (χ3n) is 4.29. The van der Waals surface area contributed by atoms with Crippen molar-refractivity contribution >= 4 is 52.1 Å². The molecule has 4 rings (SSSR count). The van der Waals surface area contributed by atoms with E-state index in [9.17, 15) is 19.7 Å². The molecule has 2 amide bonds. The van der Waals surface area contributed by atoms with Crippen LogP contribution in [0.15, 0.2) is 54.6 Å². The average molecular weight is 444 g/mol. The van der Waals surface area contributed by atoms with Crippen LogP contribution in [0.2, 0.25) is 10.0 Å². The molecule has 0 radical (unpaired) electrons. The fourth-order valence-electron chi connectivity index (χ4n) is 2.92. The van der Waals surface area contributed by atoms with E-state index in [2.05, 4.69) is 10.6 Å². The van der Waals surface area contributed by atoms with E-state index < -0.39 is 16.7 Å². The van der Waals surface area contributed by atoms with E-state index >= 15 is 0 Å². The summed E-state index contributed by atoms with van der Waals surface area (Å²) in [5, 5.41) is 17.0. The number of hydrogen-bond donors (Lipinski definition) is 2. The zero-order valence-corrected chi connectivity index (χ0v) is 16.5. The van der Waals surface area contributed by atoms with Crippen LogP contribution in [-0.2, 0) is 0 Å². The van der Waals surface area contributed by atoms with Crippen molar-refractivity contribution in [1.29, 1.82) is 0 Å². The first-order valence-corrected chi connectivity index (χ1v) is 9.25. The first-order valence-electron chi connectivity index (χ1n) is 8.50. The number of carbonyl (C=O) groups excluding carboxylic acids is 2. The Balaban J connectivity index is 1.65. The van der Waals surface area contributed by atoms with Crippen molar-refractivity contribution in [2.24, 2.45) is 0 Å². The Labute approximate surface area is 179 Å². The van der Waals surface area contributed by atoms with Crippen molar-refractivity contribution in [2.75, 3.05) is 10.6 Å². The molecule has 0 aromatic heterocycles. The highest BCUT2D eigenvalue weighted by molar-refractivity contribution is 6.31. The predicted molar refractivity (Wildman–Crippen MR) is 112 cm³/mol. The second-order valence-electron chi connectivity index (χ2n) is 6.28. The van der Waals surface area contributed by atoms with Crippen molar-refractivity contribution in [3.8, 4) is 11.5 Å². The number of hydrogen-bond acceptors (Lipinski definition) is 5. The number of ether oxygens (including phenoxy) is 1. The molecule has 3 aromatic rings. The molecule has 10 heteroatoms. The molecular weight excluding hydrogens is 433 g/mol. The number of fused-ring (bicyclic) bond motifs is 2. The summed E-state index contributed by atoms with van der Waals surface area (Å²) in [7, 11) is 0. The molecule has 1 aliphatic heterocycles. The fourth-order valence-corrected chi connectivity index (χ4v) is 3.26. The monoisotopic (exact) mass is 443 g/mol. The van der Waals surface area contributed by atoms with Gasteiger partial charge in [0.1, 0.15) is 11.3 Å². The Morgan fingerprint density at radius 1 is 1.00 bits per heavy atom. The lowest BCUT2D eigenvalue weighted by Crippen LogP contribution is -2.15. The molecule has 150 valence electrons. The van der Waals surface area contributed by atoms with Crippen molar-refractivity contribution in [1.82, 2.24) is 0 Å². The molecule has 30 heavy (non-hydrogen) atoms. The van der Waals surface area contributed by atoms with Crippen molar-refractivity contribution < 1.29 is 19.2 Å². The average Bonchev–Trinajstić information content (AvgIpc) is 2.83. The van der Waals surface area contributed by atoms with Gasteiger partial charge in [-0.2, -0.15) is 0 Å². The Kier molecular flexibility index (Phi) is 5.03. The third kappa shape index (κ3) is 3.78. The van der Waals surface area contributed by atoms with Crippen LogP contribution in [0, 0.1) is 10.1 Å². The molecule has 0 spiro atoms. The van der Waals surface area contributed by atoms with Gasteiger partial charge in [0.2, 0.25) is 0 Å². The number of nitrogens with zero attached hydrogens (tertiary/aromatic N) is 1. The number of carbonyl (C=O) groups is 2. The lowest BCUT2D eigenvalue weighted by molar-refractivity contribution is -0.385. The largest absolute Gasteiger partial charge is 0.454 e. The summed E-state index contributed by atoms with van der Waals surface area (Å²) in [6, 6.07) is 12.9. The van der Waals surface area contributed by atoms with Gasteiger partial charge >= 0.3 is 0 Å². The fraction of sp³-hybridized carbons (Fsp3) is 0. The number of nitrogens with one attached hydrogen (secondary N) is 2. The van der Waals surface area contributed by atoms with Gasteiger partial charge in [0.25, 0.3) is 17.5 Å². The number of rotatable bonds is 3. The Hall–Kier alpha value is -3.62. The maximum Gasteiger partial charge on any atom is 0.282 e. The first-order chi connectivity index (χ1) is 14.3. The summed E-state index contributed by atoms with van der Waals surface area (Å²) >= 11 is 11.8. The zero-order valence-electron chi connectivity index (χ0n) is 14.9. The summed E-state index contributed by atoms with van der Waals surface area (Å²) in [4.78, 5) is 35.7. The van der Waals surface area contributed by atoms with E-state index in [1.54, 1.807) is 18.2 Å². The van der Waals surface area contributed by atoms with Crippen LogP contribution >= 0.6 is 23.2 Å². The third-order valence-corrected chi connectivity index (χ3v) is 4.76. The van der Waals surface area contributed by atoms with Gasteiger partial charge in [-0.15, -0.1) is 0 Å². The molecule has 0 fully saturated rings. The van der Waals surface area contributed by atoms with Gasteiger partial charge < -0.3 is 15.4 Å². The maximum atomic E-state index is 12.6. The molecule has 0 aliphatic carbocycles. The Bertz CT molecular complexity index is 1230. The Morgan fingerprint density at radius 3 is 2.47 bits per heavy atom. The van der Waals surface area contributed by atoms with Gasteiger partial charge in [0, 0.05) is 21.8 Å². The van der Waals surface area contributed by atoms with Crippen LogP contribution in [-0.4, -0.2) is 16.7 Å². The van der Waals surface area contributed by atoms with Crippen molar-refractivity contribution in [2.45, 2.75) is 0 Å². The van der Waals surface area contributed by atoms with Crippen LogP contribution < -0.4 is 15.4 Å². The summed E-state index contributed by atoms with van der Waals surface area (Å²) in [6.07, 6.45) is 0. The summed E-state index contributed by atoms with van der Waals surface area (Å²) in [5.74, 6) is -0.511. The predicted octanol–water partition coefficient (Wildman–Crippen LogP) is 5.51. The number of nitro groups is 1. The molecule has 2 N–H and O–H groups in total. The van der Waals surface area contributed by atoms with Gasteiger partial charge in [-0.05, 0) is 48.5 Å². The van der Waals surface area contributed by atoms with Crippen LogP contribution in [0.5, 0.6) is 11.5 Å². The van der Waals surface area contributed by atoms with Crippen LogP contribution in [0.4, 0.5) is 17.1 Å². The highest BCUT2D eigenvalue weighted by Crippen LogP contribution is 2.38. The summed E-state index contributed by atoms with van der Waals surface area (Å²) in [6.45, 7) is 0. The molecule has 0 bridgehead atoms. The first kappa shape index (κ1) is 19.7. The van der Waals surface area contributed by atoms with Gasteiger partial charge in [0.15, 0.2) is 5.75 Å². The SMILES string of the molecule is O=C1Nc2cc(Cl)ccc2Oc2ccc(NC(=O)c3cc(Cl)ccc3[N+](=O)[O-])cc21. The topological polar surface area (TPSA) is 111 Å². The van der Waals surface area contributed by atoms with E-state index in [1.165, 1.54) is 30.3 Å². The minimum absolute atomic E-state index is 0.167. The van der Waals surface area contributed by atoms with Crippen LogP contribution in [0.3, 0.4) is 0 Å². The quantitative estimate of drug-likeness (QED) is 0.409. The molecule has 1 aliphatic rings. The van der Waals surface area contributed by atoms with E-state index in [0.29, 0.717) is 16.5 Å². The van der Waals surface area contributed by atoms with E-state index in [1.807, 2.05) is 0 Å². The Morgan fingerprint density at radius 2 is 1.70 bits per heavy atom. The number of benzene rings is 3. The second-order valence-corrected chi connectivity index (χ2v) is 7.15. The van der Waals surface area contributed by atoms with E-state index in [-0.39, 0.29) is 33.3 Å². The van der Waals surface area contributed by atoms with Crippen LogP contribution in [0.25, 0.3) is 0 Å². The van der Waals surface area contributed by atoms with Crippen molar-refractivity contribution in [3.05, 3.63) is 85.9 Å². The second kappa shape index (κ2) is 7.66. The standard InChI is InChI=1S/C20H11Cl2N3O5/c21-10-1-4-16(25(28)29)13(7-10)19(26)23-12-3-6-17-14(9-12)20(27)24-15-8-11(22)2-5-18(15)30-17/h1-9H,(H,23,26)(H,24,27). The molecule has 0 atom stereocenters. The van der Waals surface area contributed by atoms with E-state index in [4.69, 9.17) is 27.9 Å². The lowest BCUT2D eigenvalue weighted by atomic mass is 10.1. The maximum absolute atomic E-state index is 12.6. The summed E-state index contributed by atoms with van der Waals surface area (Å²) < 4.78 is 5.78. The molecule has 0 saturated carbocycles. The number of halogens is 2. The smallest absolute Gasteiger partial charge is 0.282 e. The number of anilines is 2. The van der Waals surface area contributed by atoms with Crippen molar-refractivity contribution in [3.63, 3.8) is 0 Å². The number of nitro benzene ring substituents is 1. The normalized spacial score (nSPS) is 12.0. The van der Waals surface area contributed by atoms with Gasteiger partial charge in [-0.1, -0.05) is 23.2 Å². The van der Waals surface area contributed by atoms with E-state index in [0.717, 1.165) is 6.07 Å². The van der Waals surface area contributed by atoms with Gasteiger partial charge in [0.05, 0.1) is 16.2 Å².